The minimum absolute atomic E-state index is 0.249. The molecular formula is C33H39N5O3. The fraction of sp³-hybridized carbons (Fsp3) is 0.303. The number of nitrogens with one attached hydrogen (secondary N) is 2. The molecule has 4 aromatic rings. The number of pyridine rings is 1. The van der Waals surface area contributed by atoms with Gasteiger partial charge in [-0.25, -0.2) is 9.78 Å². The lowest BCUT2D eigenvalue weighted by Gasteiger charge is -2.21. The summed E-state index contributed by atoms with van der Waals surface area (Å²) in [5.74, 6) is -0.691. The van der Waals surface area contributed by atoms with E-state index in [4.69, 9.17) is 4.74 Å². The summed E-state index contributed by atoms with van der Waals surface area (Å²) in [5.41, 5.74) is 8.21. The number of amides is 1. The number of hydrogen-bond acceptors (Lipinski definition) is 6. The monoisotopic (exact) mass is 553 g/mol. The number of anilines is 2. The van der Waals surface area contributed by atoms with Crippen LogP contribution in [0.3, 0.4) is 0 Å². The Morgan fingerprint density at radius 3 is 2.37 bits per heavy atom. The summed E-state index contributed by atoms with van der Waals surface area (Å²) >= 11 is 0. The third kappa shape index (κ3) is 6.49. The van der Waals surface area contributed by atoms with Gasteiger partial charge in [-0.2, -0.15) is 0 Å². The van der Waals surface area contributed by atoms with Crippen molar-refractivity contribution in [2.45, 2.75) is 33.8 Å². The predicted octanol–water partition coefficient (Wildman–Crippen LogP) is 6.20. The van der Waals surface area contributed by atoms with E-state index in [0.717, 1.165) is 57.7 Å². The molecule has 2 aromatic carbocycles. The van der Waals surface area contributed by atoms with E-state index in [-0.39, 0.29) is 12.0 Å². The number of aryl methyl sites for hydroxylation is 2. The summed E-state index contributed by atoms with van der Waals surface area (Å²) in [6.07, 6.45) is 2.57. The molecule has 2 heterocycles. The van der Waals surface area contributed by atoms with E-state index >= 15 is 0 Å². The maximum Gasteiger partial charge on any atom is 0.340 e. The van der Waals surface area contributed by atoms with E-state index in [9.17, 15) is 9.59 Å². The lowest BCUT2D eigenvalue weighted by molar-refractivity contribution is -0.111. The highest BCUT2D eigenvalue weighted by Gasteiger charge is 2.23. The van der Waals surface area contributed by atoms with Crippen LogP contribution in [0.4, 0.5) is 11.4 Å². The molecule has 4 rings (SSSR count). The lowest BCUT2D eigenvalue weighted by Crippen LogP contribution is -2.28. The van der Waals surface area contributed by atoms with Crippen LogP contribution in [0.5, 0.6) is 0 Å². The number of esters is 1. The van der Waals surface area contributed by atoms with Crippen molar-refractivity contribution in [1.29, 1.82) is 0 Å². The maximum atomic E-state index is 13.0. The van der Waals surface area contributed by atoms with Gasteiger partial charge in [0, 0.05) is 48.7 Å². The zero-order valence-corrected chi connectivity index (χ0v) is 25.0. The molecular weight excluding hydrogens is 514 g/mol. The fourth-order valence-electron chi connectivity index (χ4n) is 4.76. The molecule has 1 amide bonds. The quantitative estimate of drug-likeness (QED) is 0.179. The van der Waals surface area contributed by atoms with Crippen molar-refractivity contribution in [3.8, 4) is 22.4 Å². The van der Waals surface area contributed by atoms with Crippen LogP contribution in [-0.4, -0.2) is 67.1 Å². The van der Waals surface area contributed by atoms with Gasteiger partial charge in [0.2, 0.25) is 5.91 Å². The minimum atomic E-state index is -0.409. The Morgan fingerprint density at radius 1 is 1.05 bits per heavy atom. The molecule has 0 aliphatic carbocycles. The fourth-order valence-corrected chi connectivity index (χ4v) is 4.76. The van der Waals surface area contributed by atoms with Crippen LogP contribution in [0.25, 0.3) is 33.4 Å². The van der Waals surface area contributed by atoms with Gasteiger partial charge in [0.05, 0.1) is 17.4 Å². The summed E-state index contributed by atoms with van der Waals surface area (Å²) in [6, 6.07) is 14.3. The molecule has 0 unspecified atom stereocenters. The van der Waals surface area contributed by atoms with Crippen LogP contribution < -0.4 is 10.2 Å². The van der Waals surface area contributed by atoms with E-state index in [2.05, 4.69) is 77.1 Å². The molecule has 0 fully saturated rings. The summed E-state index contributed by atoms with van der Waals surface area (Å²) in [6.45, 7) is 12.9. The van der Waals surface area contributed by atoms with Gasteiger partial charge in [-0.15, -0.1) is 0 Å². The first-order chi connectivity index (χ1) is 19.5. The number of rotatable bonds is 10. The molecule has 0 aliphatic rings. The number of H-pyrrole nitrogens is 1. The molecule has 8 nitrogen and oxygen atoms in total. The zero-order chi connectivity index (χ0) is 29.8. The third-order valence-electron chi connectivity index (χ3n) is 7.09. The molecule has 0 spiro atoms. The van der Waals surface area contributed by atoms with Gasteiger partial charge in [0.1, 0.15) is 5.65 Å². The first kappa shape index (κ1) is 29.6. The Labute approximate surface area is 242 Å². The van der Waals surface area contributed by atoms with Gasteiger partial charge < -0.3 is 24.8 Å². The highest BCUT2D eigenvalue weighted by Crippen LogP contribution is 2.41. The number of ether oxygens (including phenoxy) is 1. The Morgan fingerprint density at radius 2 is 1.73 bits per heavy atom. The number of fused-ring (bicyclic) bond motifs is 1. The summed E-state index contributed by atoms with van der Waals surface area (Å²) in [4.78, 5) is 37.7. The third-order valence-corrected chi connectivity index (χ3v) is 7.09. The van der Waals surface area contributed by atoms with Crippen molar-refractivity contribution in [3.05, 3.63) is 78.0 Å². The molecule has 41 heavy (non-hydrogen) atoms. The summed E-state index contributed by atoms with van der Waals surface area (Å²) in [7, 11) is 6.22. The first-order valence-corrected chi connectivity index (χ1v) is 13.7. The zero-order valence-electron chi connectivity index (χ0n) is 25.0. The van der Waals surface area contributed by atoms with Crippen molar-refractivity contribution in [3.63, 3.8) is 0 Å². The van der Waals surface area contributed by atoms with Crippen LogP contribution in [0.1, 0.15) is 35.3 Å². The van der Waals surface area contributed by atoms with Gasteiger partial charge in [0.15, 0.2) is 0 Å². The number of nitrogens with zero attached hydrogens (tertiary/aromatic N) is 3. The molecule has 0 bridgehead atoms. The van der Waals surface area contributed by atoms with E-state index in [1.165, 1.54) is 6.08 Å². The van der Waals surface area contributed by atoms with Gasteiger partial charge in [0.25, 0.3) is 0 Å². The van der Waals surface area contributed by atoms with E-state index in [1.54, 1.807) is 6.20 Å². The average molecular weight is 554 g/mol. The molecule has 0 saturated carbocycles. The molecule has 214 valence electrons. The molecule has 0 saturated heterocycles. The van der Waals surface area contributed by atoms with E-state index in [1.807, 2.05) is 45.9 Å². The standard InChI is InChI=1S/C33H39N5O3/c1-9-28(39)35-27-18-24(11-10-21(27)4)30-29-22(5)26(33(40)41-20(2)3)19-34-32(29)36-31(30)23-12-14-25(15-13-23)38(8)17-16-37(6)7/h9-15,18-20H,1,16-17H2,2-8H3,(H,34,36)(H,35,39). The molecule has 0 radical (unpaired) electrons. The smallest absolute Gasteiger partial charge is 0.340 e. The molecule has 2 N–H and O–H groups in total. The van der Waals surface area contributed by atoms with Gasteiger partial charge >= 0.3 is 5.97 Å². The second-order valence-electron chi connectivity index (χ2n) is 10.8. The minimum Gasteiger partial charge on any atom is -0.459 e. The number of likely N-dealkylation sites (N-methyl/N-ethyl adjacent to an activating group) is 2. The van der Waals surface area contributed by atoms with Crippen LogP contribution in [0, 0.1) is 13.8 Å². The van der Waals surface area contributed by atoms with Gasteiger partial charge in [-0.1, -0.05) is 30.8 Å². The van der Waals surface area contributed by atoms with Crippen molar-refractivity contribution in [1.82, 2.24) is 14.9 Å². The van der Waals surface area contributed by atoms with Crippen molar-refractivity contribution in [2.24, 2.45) is 0 Å². The maximum absolute atomic E-state index is 13.0. The number of hydrogen-bond donors (Lipinski definition) is 2. The highest BCUT2D eigenvalue weighted by atomic mass is 16.5. The van der Waals surface area contributed by atoms with E-state index in [0.29, 0.717) is 16.9 Å². The molecule has 0 atom stereocenters. The summed E-state index contributed by atoms with van der Waals surface area (Å²) < 4.78 is 5.51. The Bertz CT molecular complexity index is 1580. The summed E-state index contributed by atoms with van der Waals surface area (Å²) in [5, 5.41) is 3.74. The van der Waals surface area contributed by atoms with Crippen LogP contribution in [0.2, 0.25) is 0 Å². The van der Waals surface area contributed by atoms with Crippen molar-refractivity contribution < 1.29 is 14.3 Å². The number of carbonyl (C=O) groups excluding carboxylic acids is 2. The largest absolute Gasteiger partial charge is 0.459 e. The Balaban J connectivity index is 1.90. The predicted molar refractivity (Wildman–Crippen MR) is 168 cm³/mol. The van der Waals surface area contributed by atoms with E-state index < -0.39 is 5.97 Å². The number of aromatic amines is 1. The van der Waals surface area contributed by atoms with Gasteiger partial charge in [-0.3, -0.25) is 4.79 Å². The lowest BCUT2D eigenvalue weighted by atomic mass is 9.94. The Hall–Kier alpha value is -4.43. The molecule has 8 heteroatoms. The second kappa shape index (κ2) is 12.4. The number of aromatic nitrogens is 2. The van der Waals surface area contributed by atoms with Crippen molar-refractivity contribution in [2.75, 3.05) is 44.4 Å². The average Bonchev–Trinajstić information content (AvgIpc) is 3.33. The Kier molecular flexibility index (Phi) is 8.93. The van der Waals surface area contributed by atoms with Crippen LogP contribution in [-0.2, 0) is 9.53 Å². The molecule has 0 aliphatic heterocycles. The highest BCUT2D eigenvalue weighted by molar-refractivity contribution is 6.08. The normalized spacial score (nSPS) is 11.2. The first-order valence-electron chi connectivity index (χ1n) is 13.7. The topological polar surface area (TPSA) is 90.6 Å². The SMILES string of the molecule is C=CC(=O)Nc1cc(-c2c(-c3ccc(N(C)CCN(C)C)cc3)[nH]c3ncc(C(=O)OC(C)C)c(C)c23)ccc1C. The van der Waals surface area contributed by atoms with Crippen LogP contribution in [0.15, 0.2) is 61.3 Å². The second-order valence-corrected chi connectivity index (χ2v) is 10.8. The van der Waals surface area contributed by atoms with Gasteiger partial charge in [-0.05, 0) is 88.3 Å². The number of benzene rings is 2. The molecule has 2 aromatic heterocycles. The van der Waals surface area contributed by atoms with Crippen molar-refractivity contribution >= 4 is 34.3 Å². The van der Waals surface area contributed by atoms with Crippen LogP contribution >= 0.6 is 0 Å². The number of carbonyl (C=O) groups is 2.